The lowest BCUT2D eigenvalue weighted by Gasteiger charge is -2.30. The highest BCUT2D eigenvalue weighted by Crippen LogP contribution is 2.18. The monoisotopic (exact) mass is 236 g/mol. The molecule has 1 aliphatic rings. The van der Waals surface area contributed by atoms with E-state index in [0.29, 0.717) is 26.3 Å². The van der Waals surface area contributed by atoms with Gasteiger partial charge in [0.25, 0.3) is 0 Å². The summed E-state index contributed by atoms with van der Waals surface area (Å²) >= 11 is 0. The van der Waals surface area contributed by atoms with Gasteiger partial charge in [0.05, 0.1) is 13.2 Å². The van der Waals surface area contributed by atoms with Crippen LogP contribution < -0.4 is 0 Å². The zero-order chi connectivity index (χ0) is 12.4. The molecule has 1 fully saturated rings. The minimum Gasteiger partial charge on any atom is -0.378 e. The molecular formula is C13H20N2O2. The average Bonchev–Trinajstić information content (AvgIpc) is 2.68. The molecule has 0 N–H and O–H groups in total. The number of hydrogen-bond acceptors (Lipinski definition) is 2. The molecule has 17 heavy (non-hydrogen) atoms. The number of ether oxygens (including phenoxy) is 1. The first-order valence-electron chi connectivity index (χ1n) is 6.12. The van der Waals surface area contributed by atoms with Gasteiger partial charge in [-0.25, -0.2) is 0 Å². The normalized spacial score (nSPS) is 18.2. The van der Waals surface area contributed by atoms with Gasteiger partial charge in [-0.2, -0.15) is 0 Å². The van der Waals surface area contributed by atoms with E-state index in [1.807, 2.05) is 25.7 Å². The standard InChI is InChI=1S/C13H20N2O2/c1-10-4-5-11(2)15(10)12(3)13(16)14-6-8-17-9-7-14/h4-5,12H,6-9H2,1-3H3. The van der Waals surface area contributed by atoms with Gasteiger partial charge in [0.15, 0.2) is 0 Å². The summed E-state index contributed by atoms with van der Waals surface area (Å²) < 4.78 is 7.36. The molecule has 4 heteroatoms. The van der Waals surface area contributed by atoms with E-state index in [9.17, 15) is 4.79 Å². The van der Waals surface area contributed by atoms with Crippen molar-refractivity contribution in [2.24, 2.45) is 0 Å². The molecule has 1 saturated heterocycles. The summed E-state index contributed by atoms with van der Waals surface area (Å²) in [7, 11) is 0. The van der Waals surface area contributed by atoms with Gasteiger partial charge in [0.2, 0.25) is 5.91 Å². The Hall–Kier alpha value is -1.29. The van der Waals surface area contributed by atoms with Crippen LogP contribution in [0.3, 0.4) is 0 Å². The molecule has 0 saturated carbocycles. The molecule has 2 rings (SSSR count). The third kappa shape index (κ3) is 2.36. The SMILES string of the molecule is Cc1ccc(C)n1C(C)C(=O)N1CCOCC1. The van der Waals surface area contributed by atoms with E-state index in [4.69, 9.17) is 4.74 Å². The van der Waals surface area contributed by atoms with Crippen LogP contribution in [0.1, 0.15) is 24.4 Å². The number of hydrogen-bond donors (Lipinski definition) is 0. The highest BCUT2D eigenvalue weighted by molar-refractivity contribution is 5.80. The van der Waals surface area contributed by atoms with Gasteiger partial charge >= 0.3 is 0 Å². The van der Waals surface area contributed by atoms with Crippen LogP contribution in [0.25, 0.3) is 0 Å². The van der Waals surface area contributed by atoms with Gasteiger partial charge in [-0.1, -0.05) is 0 Å². The Kier molecular flexibility index (Phi) is 3.52. The average molecular weight is 236 g/mol. The van der Waals surface area contributed by atoms with Crippen molar-refractivity contribution in [1.29, 1.82) is 0 Å². The van der Waals surface area contributed by atoms with Crippen LogP contribution in [0.15, 0.2) is 12.1 Å². The highest BCUT2D eigenvalue weighted by atomic mass is 16.5. The van der Waals surface area contributed by atoms with Crippen LogP contribution in [0.2, 0.25) is 0 Å². The van der Waals surface area contributed by atoms with E-state index in [-0.39, 0.29) is 11.9 Å². The third-order valence-electron chi connectivity index (χ3n) is 3.39. The molecule has 0 aliphatic carbocycles. The largest absolute Gasteiger partial charge is 0.378 e. The minimum atomic E-state index is -0.122. The van der Waals surface area contributed by atoms with Crippen molar-refractivity contribution in [2.75, 3.05) is 26.3 Å². The van der Waals surface area contributed by atoms with E-state index in [0.717, 1.165) is 11.4 Å². The molecule has 0 spiro atoms. The van der Waals surface area contributed by atoms with Crippen molar-refractivity contribution in [1.82, 2.24) is 9.47 Å². The maximum atomic E-state index is 12.4. The predicted molar refractivity (Wildman–Crippen MR) is 66.0 cm³/mol. The van der Waals surface area contributed by atoms with E-state index in [2.05, 4.69) is 16.7 Å². The van der Waals surface area contributed by atoms with Gasteiger partial charge in [0.1, 0.15) is 6.04 Å². The number of morpholine rings is 1. The Balaban J connectivity index is 2.14. The quantitative estimate of drug-likeness (QED) is 0.780. The van der Waals surface area contributed by atoms with Crippen LogP contribution in [0, 0.1) is 13.8 Å². The van der Waals surface area contributed by atoms with Crippen LogP contribution in [-0.4, -0.2) is 41.7 Å². The summed E-state index contributed by atoms with van der Waals surface area (Å²) in [4.78, 5) is 14.2. The zero-order valence-electron chi connectivity index (χ0n) is 10.8. The lowest BCUT2D eigenvalue weighted by atomic mass is 10.2. The van der Waals surface area contributed by atoms with E-state index in [1.165, 1.54) is 0 Å². The van der Waals surface area contributed by atoms with Gasteiger partial charge < -0.3 is 14.2 Å². The fourth-order valence-corrected chi connectivity index (χ4v) is 2.45. The Morgan fingerprint density at radius 2 is 1.76 bits per heavy atom. The number of aryl methyl sites for hydroxylation is 2. The molecule has 1 aromatic rings. The van der Waals surface area contributed by atoms with Crippen molar-refractivity contribution in [2.45, 2.75) is 26.8 Å². The maximum absolute atomic E-state index is 12.4. The summed E-state index contributed by atoms with van der Waals surface area (Å²) in [5, 5.41) is 0. The van der Waals surface area contributed by atoms with Gasteiger partial charge in [-0.3, -0.25) is 4.79 Å². The number of nitrogens with zero attached hydrogens (tertiary/aromatic N) is 2. The first-order valence-corrected chi connectivity index (χ1v) is 6.12. The Labute approximate surface area is 102 Å². The lowest BCUT2D eigenvalue weighted by Crippen LogP contribution is -2.43. The first-order chi connectivity index (χ1) is 8.11. The topological polar surface area (TPSA) is 34.5 Å². The van der Waals surface area contributed by atoms with Crippen LogP contribution in [0.4, 0.5) is 0 Å². The fourth-order valence-electron chi connectivity index (χ4n) is 2.45. The van der Waals surface area contributed by atoms with Crippen molar-refractivity contribution in [3.05, 3.63) is 23.5 Å². The second-order valence-electron chi connectivity index (χ2n) is 4.60. The molecule has 94 valence electrons. The summed E-state index contributed by atoms with van der Waals surface area (Å²) in [6, 6.07) is 3.99. The third-order valence-corrected chi connectivity index (χ3v) is 3.39. The smallest absolute Gasteiger partial charge is 0.245 e. The zero-order valence-corrected chi connectivity index (χ0v) is 10.8. The van der Waals surface area contributed by atoms with Gasteiger partial charge in [-0.05, 0) is 32.9 Å². The second kappa shape index (κ2) is 4.92. The summed E-state index contributed by atoms with van der Waals surface area (Å²) in [5.74, 6) is 0.190. The predicted octanol–water partition coefficient (Wildman–Crippen LogP) is 1.52. The Morgan fingerprint density at radius 1 is 1.24 bits per heavy atom. The van der Waals surface area contributed by atoms with Crippen LogP contribution >= 0.6 is 0 Å². The highest BCUT2D eigenvalue weighted by Gasteiger charge is 2.24. The number of carbonyl (C=O) groups excluding carboxylic acids is 1. The summed E-state index contributed by atoms with van der Waals surface area (Å²) in [5.41, 5.74) is 2.27. The number of amides is 1. The second-order valence-corrected chi connectivity index (χ2v) is 4.60. The van der Waals surface area contributed by atoms with Gasteiger partial charge in [0, 0.05) is 24.5 Å². The Morgan fingerprint density at radius 3 is 2.29 bits per heavy atom. The molecular weight excluding hydrogens is 216 g/mol. The van der Waals surface area contributed by atoms with Crippen molar-refractivity contribution in [3.8, 4) is 0 Å². The lowest BCUT2D eigenvalue weighted by molar-refractivity contribution is -0.138. The van der Waals surface area contributed by atoms with Crippen LogP contribution in [0.5, 0.6) is 0 Å². The summed E-state index contributed by atoms with van der Waals surface area (Å²) in [6.07, 6.45) is 0. The van der Waals surface area contributed by atoms with Crippen LogP contribution in [-0.2, 0) is 9.53 Å². The van der Waals surface area contributed by atoms with E-state index >= 15 is 0 Å². The molecule has 1 amide bonds. The first kappa shape index (κ1) is 12.2. The van der Waals surface area contributed by atoms with Crippen molar-refractivity contribution < 1.29 is 9.53 Å². The molecule has 1 unspecified atom stereocenters. The molecule has 4 nitrogen and oxygen atoms in total. The summed E-state index contributed by atoms with van der Waals surface area (Å²) in [6.45, 7) is 8.78. The van der Waals surface area contributed by atoms with E-state index in [1.54, 1.807) is 0 Å². The van der Waals surface area contributed by atoms with Crippen molar-refractivity contribution >= 4 is 5.91 Å². The number of aromatic nitrogens is 1. The molecule has 2 heterocycles. The molecule has 0 bridgehead atoms. The molecule has 1 aliphatic heterocycles. The minimum absolute atomic E-state index is 0.122. The van der Waals surface area contributed by atoms with E-state index < -0.39 is 0 Å². The molecule has 1 atom stereocenters. The van der Waals surface area contributed by atoms with Gasteiger partial charge in [-0.15, -0.1) is 0 Å². The maximum Gasteiger partial charge on any atom is 0.245 e. The fraction of sp³-hybridized carbons (Fsp3) is 0.615. The molecule has 0 aromatic carbocycles. The number of rotatable bonds is 2. The molecule has 0 radical (unpaired) electrons. The molecule has 1 aromatic heterocycles. The van der Waals surface area contributed by atoms with Crippen molar-refractivity contribution in [3.63, 3.8) is 0 Å². The Bertz CT molecular complexity index is 386. The number of carbonyl (C=O) groups is 1.